The fourth-order valence-corrected chi connectivity index (χ4v) is 2.74. The van der Waals surface area contributed by atoms with Crippen molar-refractivity contribution in [3.05, 3.63) is 33.6 Å². The van der Waals surface area contributed by atoms with Gasteiger partial charge in [-0.25, -0.2) is 9.78 Å². The molecule has 2 aromatic heterocycles. The topological polar surface area (TPSA) is 112 Å². The quantitative estimate of drug-likeness (QED) is 0.697. The molecule has 23 heavy (non-hydrogen) atoms. The first-order valence-corrected chi connectivity index (χ1v) is 7.24. The minimum atomic E-state index is -1.27. The van der Waals surface area contributed by atoms with Crippen LogP contribution in [-0.2, 0) is 0 Å². The van der Waals surface area contributed by atoms with Crippen molar-refractivity contribution in [2.24, 2.45) is 5.73 Å². The molecule has 118 valence electrons. The van der Waals surface area contributed by atoms with E-state index < -0.39 is 11.4 Å². The summed E-state index contributed by atoms with van der Waals surface area (Å²) in [6.07, 6.45) is 2.04. The molecular formula is C16H16N4O3. The van der Waals surface area contributed by atoms with Gasteiger partial charge in [0.15, 0.2) is 0 Å². The number of hydrogen-bond donors (Lipinski definition) is 3. The van der Waals surface area contributed by atoms with Gasteiger partial charge >= 0.3 is 5.97 Å². The fraction of sp³-hybridized carbons (Fsp3) is 0.312. The molecule has 7 heteroatoms. The minimum absolute atomic E-state index is 0.0865. The van der Waals surface area contributed by atoms with Crippen LogP contribution in [0.2, 0.25) is 0 Å². The average molecular weight is 312 g/mol. The molecule has 1 saturated heterocycles. The standard InChI is InChI=1S/C16H16N4O3/c1-2-3-9-6-11-13(21)12(16(22)23)7-18-14(11)19-15(9)20-5-4-10(17)8-20/h6-7,10H,4-5,8,17H2,1H3,(H,22,23)(H,18,19,21). The van der Waals surface area contributed by atoms with Crippen molar-refractivity contribution in [1.29, 1.82) is 0 Å². The van der Waals surface area contributed by atoms with E-state index in [1.807, 2.05) is 4.90 Å². The highest BCUT2D eigenvalue weighted by Gasteiger charge is 2.23. The third-order valence-electron chi connectivity index (χ3n) is 3.86. The Labute approximate surface area is 132 Å². The van der Waals surface area contributed by atoms with Crippen molar-refractivity contribution in [2.45, 2.75) is 19.4 Å². The van der Waals surface area contributed by atoms with Gasteiger partial charge in [0.1, 0.15) is 17.0 Å². The van der Waals surface area contributed by atoms with E-state index >= 15 is 0 Å². The molecule has 4 N–H and O–H groups in total. The van der Waals surface area contributed by atoms with Gasteiger partial charge in [0, 0.05) is 25.3 Å². The number of fused-ring (bicyclic) bond motifs is 1. The Hall–Kier alpha value is -2.85. The zero-order chi connectivity index (χ0) is 16.6. The van der Waals surface area contributed by atoms with Crippen LogP contribution in [-0.4, -0.2) is 40.2 Å². The van der Waals surface area contributed by atoms with Crippen molar-refractivity contribution < 1.29 is 9.90 Å². The Balaban J connectivity index is 2.23. The number of carboxylic acids is 1. The van der Waals surface area contributed by atoms with Crippen LogP contribution in [0, 0.1) is 11.8 Å². The highest BCUT2D eigenvalue weighted by Crippen LogP contribution is 2.24. The molecule has 1 fully saturated rings. The number of aromatic amines is 1. The Morgan fingerprint density at radius 2 is 2.35 bits per heavy atom. The molecule has 0 aliphatic carbocycles. The van der Waals surface area contributed by atoms with Gasteiger partial charge in [0.05, 0.1) is 10.9 Å². The van der Waals surface area contributed by atoms with Gasteiger partial charge < -0.3 is 20.7 Å². The second-order valence-electron chi connectivity index (χ2n) is 5.46. The molecule has 0 bridgehead atoms. The molecule has 1 aliphatic rings. The molecule has 1 aliphatic heterocycles. The number of nitrogens with zero attached hydrogens (tertiary/aromatic N) is 2. The molecule has 0 saturated carbocycles. The minimum Gasteiger partial charge on any atom is -0.477 e. The summed E-state index contributed by atoms with van der Waals surface area (Å²) in [5.41, 5.74) is 6.01. The predicted octanol–water partition coefficient (Wildman–Crippen LogP) is 0.530. The summed E-state index contributed by atoms with van der Waals surface area (Å²) in [6, 6.07) is 1.69. The lowest BCUT2D eigenvalue weighted by atomic mass is 10.1. The van der Waals surface area contributed by atoms with E-state index in [1.54, 1.807) is 13.0 Å². The van der Waals surface area contributed by atoms with E-state index in [0.29, 0.717) is 23.6 Å². The van der Waals surface area contributed by atoms with Gasteiger partial charge in [-0.15, -0.1) is 5.92 Å². The number of nitrogens with one attached hydrogen (secondary N) is 1. The van der Waals surface area contributed by atoms with Crippen molar-refractivity contribution in [1.82, 2.24) is 9.97 Å². The number of pyridine rings is 2. The van der Waals surface area contributed by atoms with Gasteiger partial charge in [-0.05, 0) is 19.4 Å². The van der Waals surface area contributed by atoms with Crippen LogP contribution in [0.1, 0.15) is 29.3 Å². The van der Waals surface area contributed by atoms with Crippen LogP contribution in [0.3, 0.4) is 0 Å². The number of aromatic nitrogens is 2. The highest BCUT2D eigenvalue weighted by atomic mass is 16.4. The number of carboxylic acid groups (broad SMARTS) is 1. The number of nitrogens with two attached hydrogens (primary N) is 1. The summed E-state index contributed by atoms with van der Waals surface area (Å²) in [7, 11) is 0. The zero-order valence-corrected chi connectivity index (χ0v) is 12.6. The Kier molecular flexibility index (Phi) is 3.76. The van der Waals surface area contributed by atoms with E-state index in [1.165, 1.54) is 6.20 Å². The molecule has 1 atom stereocenters. The molecule has 0 spiro atoms. The lowest BCUT2D eigenvalue weighted by Crippen LogP contribution is -2.27. The predicted molar refractivity (Wildman–Crippen MR) is 86.7 cm³/mol. The second kappa shape index (κ2) is 5.74. The number of aromatic carboxylic acids is 1. The Bertz CT molecular complexity index is 907. The number of hydrogen-bond acceptors (Lipinski definition) is 5. The molecule has 0 radical (unpaired) electrons. The number of carbonyl (C=O) groups is 1. The van der Waals surface area contributed by atoms with E-state index in [9.17, 15) is 9.59 Å². The van der Waals surface area contributed by atoms with Crippen LogP contribution in [0.15, 0.2) is 17.1 Å². The van der Waals surface area contributed by atoms with Crippen LogP contribution >= 0.6 is 0 Å². The molecular weight excluding hydrogens is 296 g/mol. The zero-order valence-electron chi connectivity index (χ0n) is 12.6. The molecule has 1 unspecified atom stereocenters. The van der Waals surface area contributed by atoms with E-state index in [2.05, 4.69) is 21.8 Å². The summed E-state index contributed by atoms with van der Waals surface area (Å²) >= 11 is 0. The molecule has 3 rings (SSSR count). The van der Waals surface area contributed by atoms with Crippen molar-refractivity contribution in [3.63, 3.8) is 0 Å². The van der Waals surface area contributed by atoms with Crippen molar-refractivity contribution in [3.8, 4) is 11.8 Å². The molecule has 0 amide bonds. The summed E-state index contributed by atoms with van der Waals surface area (Å²) < 4.78 is 0. The molecule has 7 nitrogen and oxygen atoms in total. The van der Waals surface area contributed by atoms with E-state index in [0.717, 1.165) is 13.0 Å². The van der Waals surface area contributed by atoms with Gasteiger partial charge in [0.25, 0.3) is 0 Å². The maximum Gasteiger partial charge on any atom is 0.341 e. The van der Waals surface area contributed by atoms with Crippen molar-refractivity contribution >= 4 is 22.8 Å². The van der Waals surface area contributed by atoms with Gasteiger partial charge in [0.2, 0.25) is 5.43 Å². The summed E-state index contributed by atoms with van der Waals surface area (Å²) in [4.78, 5) is 32.7. The summed E-state index contributed by atoms with van der Waals surface area (Å²) in [5.74, 6) is 5.14. The van der Waals surface area contributed by atoms with Crippen LogP contribution in [0.25, 0.3) is 11.0 Å². The first-order chi connectivity index (χ1) is 11.0. The lowest BCUT2D eigenvalue weighted by molar-refractivity contribution is 0.0695. The van der Waals surface area contributed by atoms with Gasteiger partial charge in [-0.2, -0.15) is 0 Å². The highest BCUT2D eigenvalue weighted by molar-refractivity contribution is 5.92. The SMILES string of the molecule is CC#Cc1cc2c(=O)c(C(=O)O)c[nH]c2nc1N1CCC(N)C1. The Morgan fingerprint density at radius 3 is 2.96 bits per heavy atom. The number of H-pyrrole nitrogens is 1. The Morgan fingerprint density at radius 1 is 1.57 bits per heavy atom. The van der Waals surface area contributed by atoms with E-state index in [4.69, 9.17) is 10.8 Å². The maximum atomic E-state index is 12.3. The van der Waals surface area contributed by atoms with Gasteiger partial charge in [-0.3, -0.25) is 4.79 Å². The molecule has 3 heterocycles. The first-order valence-electron chi connectivity index (χ1n) is 7.24. The summed E-state index contributed by atoms with van der Waals surface area (Å²) in [5, 5.41) is 9.28. The number of anilines is 1. The first kappa shape index (κ1) is 15.1. The van der Waals surface area contributed by atoms with Crippen LogP contribution in [0.5, 0.6) is 0 Å². The average Bonchev–Trinajstić information content (AvgIpc) is 2.94. The second-order valence-corrected chi connectivity index (χ2v) is 5.46. The molecule has 2 aromatic rings. The smallest absolute Gasteiger partial charge is 0.341 e. The summed E-state index contributed by atoms with van der Waals surface area (Å²) in [6.45, 7) is 3.14. The van der Waals surface area contributed by atoms with Crippen LogP contribution < -0.4 is 16.1 Å². The van der Waals surface area contributed by atoms with Gasteiger partial charge in [-0.1, -0.05) is 5.92 Å². The maximum absolute atomic E-state index is 12.3. The number of rotatable bonds is 2. The molecule has 0 aromatic carbocycles. The normalized spacial score (nSPS) is 17.1. The van der Waals surface area contributed by atoms with E-state index in [-0.39, 0.29) is 17.0 Å². The van der Waals surface area contributed by atoms with Crippen LogP contribution in [0.4, 0.5) is 5.82 Å². The van der Waals surface area contributed by atoms with Crippen molar-refractivity contribution in [2.75, 3.05) is 18.0 Å². The third kappa shape index (κ3) is 2.64. The lowest BCUT2D eigenvalue weighted by Gasteiger charge is -2.19. The monoisotopic (exact) mass is 312 g/mol. The fourth-order valence-electron chi connectivity index (χ4n) is 2.74. The third-order valence-corrected chi connectivity index (χ3v) is 3.86. The largest absolute Gasteiger partial charge is 0.477 e.